The molecule has 2 aromatic rings. The van der Waals surface area contributed by atoms with Gasteiger partial charge < -0.3 is 15.2 Å². The van der Waals surface area contributed by atoms with Crippen LogP contribution in [0.2, 0.25) is 0 Å². The molecule has 1 saturated heterocycles. The van der Waals surface area contributed by atoms with Crippen molar-refractivity contribution in [3.05, 3.63) is 35.3 Å². The summed E-state index contributed by atoms with van der Waals surface area (Å²) in [5.74, 6) is -1.72. The van der Waals surface area contributed by atoms with Crippen LogP contribution >= 0.6 is 0 Å². The largest absolute Gasteiger partial charge is 0.350 e. The molecule has 1 aliphatic heterocycles. The number of piperazine rings is 1. The van der Waals surface area contributed by atoms with E-state index in [9.17, 15) is 22.8 Å². The van der Waals surface area contributed by atoms with E-state index in [4.69, 9.17) is 0 Å². The molecule has 0 radical (unpaired) electrons. The first-order chi connectivity index (χ1) is 14.8. The third-order valence-electron chi connectivity index (χ3n) is 6.50. The van der Waals surface area contributed by atoms with Crippen LogP contribution in [0.5, 0.6) is 0 Å². The van der Waals surface area contributed by atoms with E-state index in [1.54, 1.807) is 12.1 Å². The summed E-state index contributed by atoms with van der Waals surface area (Å²) in [5, 5.41) is 3.47. The minimum Gasteiger partial charge on any atom is -0.350 e. The predicted octanol–water partition coefficient (Wildman–Crippen LogP) is 3.07. The molecule has 1 saturated carbocycles. The minimum atomic E-state index is -2.96. The number of carbonyl (C=O) groups excluding carboxylic acids is 2. The van der Waals surface area contributed by atoms with Crippen LogP contribution in [-0.2, 0) is 4.79 Å². The average Bonchev–Trinajstić information content (AvgIpc) is 3.23. The molecule has 4 rings (SSSR count). The fraction of sp³-hybridized carbons (Fsp3) is 0.545. The highest BCUT2D eigenvalue weighted by Gasteiger charge is 2.32. The smallest absolute Gasteiger partial charge is 0.315 e. The van der Waals surface area contributed by atoms with Crippen LogP contribution in [0.15, 0.2) is 18.2 Å². The second kappa shape index (κ2) is 8.90. The molecule has 2 atom stereocenters. The highest BCUT2D eigenvalue weighted by atomic mass is 19.3. The first-order valence-electron chi connectivity index (χ1n) is 10.7. The van der Waals surface area contributed by atoms with Gasteiger partial charge >= 0.3 is 6.43 Å². The van der Waals surface area contributed by atoms with Crippen molar-refractivity contribution < 1.29 is 22.8 Å². The number of hydrogen-bond acceptors (Lipinski definition) is 3. The van der Waals surface area contributed by atoms with Gasteiger partial charge in [0, 0.05) is 43.6 Å². The number of carbonyl (C=O) groups is 2. The van der Waals surface area contributed by atoms with Crippen LogP contribution in [0, 0.1) is 12.7 Å². The van der Waals surface area contributed by atoms with E-state index >= 15 is 0 Å². The van der Waals surface area contributed by atoms with Gasteiger partial charge in [-0.2, -0.15) is 8.78 Å². The molecule has 1 aromatic heterocycles. The monoisotopic (exact) mass is 436 g/mol. The Labute approximate surface area is 178 Å². The Morgan fingerprint density at radius 2 is 1.90 bits per heavy atom. The van der Waals surface area contributed by atoms with Crippen LogP contribution in [0.1, 0.15) is 41.7 Å². The van der Waals surface area contributed by atoms with Crippen molar-refractivity contribution in [2.24, 2.45) is 0 Å². The molecule has 168 valence electrons. The normalized spacial score (nSPS) is 22.8. The summed E-state index contributed by atoms with van der Waals surface area (Å²) in [7, 11) is 0. The molecular weight excluding hydrogens is 409 g/mol. The van der Waals surface area contributed by atoms with E-state index in [2.05, 4.69) is 15.2 Å². The maximum Gasteiger partial charge on any atom is 0.315 e. The number of aryl methyl sites for hydroxylation is 1. The highest BCUT2D eigenvalue weighted by Crippen LogP contribution is 2.26. The van der Waals surface area contributed by atoms with Crippen molar-refractivity contribution >= 4 is 22.7 Å². The van der Waals surface area contributed by atoms with Crippen molar-refractivity contribution in [1.82, 2.24) is 20.1 Å². The molecule has 2 N–H and O–H groups in total. The molecule has 0 unspecified atom stereocenters. The number of amides is 2. The number of fused-ring (bicyclic) bond motifs is 1. The zero-order valence-corrected chi connectivity index (χ0v) is 17.5. The predicted molar refractivity (Wildman–Crippen MR) is 111 cm³/mol. The van der Waals surface area contributed by atoms with Gasteiger partial charge in [-0.3, -0.25) is 14.5 Å². The number of benzene rings is 1. The third kappa shape index (κ3) is 4.56. The Hall–Kier alpha value is -2.55. The zero-order valence-electron chi connectivity index (χ0n) is 17.5. The summed E-state index contributed by atoms with van der Waals surface area (Å²) < 4.78 is 39.3. The van der Waals surface area contributed by atoms with E-state index in [0.717, 1.165) is 31.2 Å². The van der Waals surface area contributed by atoms with Crippen molar-refractivity contribution in [3.8, 4) is 0 Å². The fourth-order valence-corrected chi connectivity index (χ4v) is 4.78. The topological polar surface area (TPSA) is 68.4 Å². The van der Waals surface area contributed by atoms with Gasteiger partial charge in [0.15, 0.2) is 0 Å². The average molecular weight is 436 g/mol. The summed E-state index contributed by atoms with van der Waals surface area (Å²) in [6.45, 7) is 3.59. The van der Waals surface area contributed by atoms with Crippen LogP contribution in [-0.4, -0.2) is 71.3 Å². The van der Waals surface area contributed by atoms with Gasteiger partial charge in [-0.05, 0) is 50.3 Å². The molecule has 9 heteroatoms. The van der Waals surface area contributed by atoms with Crippen molar-refractivity contribution in [2.45, 2.75) is 51.1 Å². The summed E-state index contributed by atoms with van der Waals surface area (Å²) in [4.78, 5) is 30.7. The Balaban J connectivity index is 1.35. The number of H-pyrrole nitrogens is 1. The minimum absolute atomic E-state index is 0.00988. The lowest BCUT2D eigenvalue weighted by atomic mass is 9.89. The number of alkyl halides is 2. The second-order valence-electron chi connectivity index (χ2n) is 8.49. The lowest BCUT2D eigenvalue weighted by molar-refractivity contribution is -0.145. The first-order valence-corrected chi connectivity index (χ1v) is 10.7. The molecule has 0 bridgehead atoms. The van der Waals surface area contributed by atoms with Gasteiger partial charge in [0.25, 0.3) is 11.8 Å². The lowest BCUT2D eigenvalue weighted by Gasteiger charge is -2.42. The summed E-state index contributed by atoms with van der Waals surface area (Å²) >= 11 is 0. The Morgan fingerprint density at radius 3 is 2.58 bits per heavy atom. The standard InChI is InChI=1S/C22H27F3N4O2/c1-13-5-6-17(23)16-12-18(27-19(13)16)21(30)26-14-3-2-4-15(11-14)28-7-9-29(10-8-28)22(31)20(24)25/h5-6,12,14-15,20,27H,2-4,7-11H2,1H3,(H,26,30)/t14-,15+/m1/s1. The maximum absolute atomic E-state index is 14.1. The van der Waals surface area contributed by atoms with Gasteiger partial charge in [0.2, 0.25) is 0 Å². The van der Waals surface area contributed by atoms with E-state index < -0.39 is 12.3 Å². The number of nitrogens with one attached hydrogen (secondary N) is 2. The molecule has 2 aliphatic rings. The molecule has 2 amide bonds. The van der Waals surface area contributed by atoms with Gasteiger partial charge in [-0.15, -0.1) is 0 Å². The van der Waals surface area contributed by atoms with E-state index in [1.165, 1.54) is 11.0 Å². The second-order valence-corrected chi connectivity index (χ2v) is 8.49. The third-order valence-corrected chi connectivity index (χ3v) is 6.50. The van der Waals surface area contributed by atoms with Crippen LogP contribution in [0.25, 0.3) is 10.9 Å². The van der Waals surface area contributed by atoms with E-state index in [0.29, 0.717) is 42.8 Å². The van der Waals surface area contributed by atoms with Crippen LogP contribution < -0.4 is 5.32 Å². The summed E-state index contributed by atoms with van der Waals surface area (Å²) in [5.41, 5.74) is 1.84. The molecule has 1 aromatic carbocycles. The molecule has 2 heterocycles. The zero-order chi connectivity index (χ0) is 22.1. The number of aromatic nitrogens is 1. The van der Waals surface area contributed by atoms with E-state index in [-0.39, 0.29) is 23.8 Å². The van der Waals surface area contributed by atoms with Crippen molar-refractivity contribution in [2.75, 3.05) is 26.2 Å². The van der Waals surface area contributed by atoms with Gasteiger partial charge in [-0.25, -0.2) is 4.39 Å². The number of hydrogen-bond donors (Lipinski definition) is 2. The number of halogens is 3. The van der Waals surface area contributed by atoms with Crippen molar-refractivity contribution in [1.29, 1.82) is 0 Å². The Kier molecular flexibility index (Phi) is 6.22. The maximum atomic E-state index is 14.1. The van der Waals surface area contributed by atoms with E-state index in [1.807, 2.05) is 6.92 Å². The Morgan fingerprint density at radius 1 is 1.16 bits per heavy atom. The van der Waals surface area contributed by atoms with Gasteiger partial charge in [-0.1, -0.05) is 6.07 Å². The molecule has 1 aliphatic carbocycles. The fourth-order valence-electron chi connectivity index (χ4n) is 4.78. The SMILES string of the molecule is Cc1ccc(F)c2cc(C(=O)N[C@@H]3CCC[C@H](N4CCN(C(=O)C(F)F)CC4)C3)[nH]c12. The number of aromatic amines is 1. The molecule has 6 nitrogen and oxygen atoms in total. The summed E-state index contributed by atoms with van der Waals surface area (Å²) in [6, 6.07) is 4.85. The Bertz CT molecular complexity index is 930. The summed E-state index contributed by atoms with van der Waals surface area (Å²) in [6.07, 6.45) is 0.600. The van der Waals surface area contributed by atoms with Crippen LogP contribution in [0.3, 0.4) is 0 Å². The molecule has 2 fully saturated rings. The molecular formula is C22H27F3N4O2. The van der Waals surface area contributed by atoms with Gasteiger partial charge in [0.05, 0.1) is 5.52 Å². The van der Waals surface area contributed by atoms with Crippen molar-refractivity contribution in [3.63, 3.8) is 0 Å². The highest BCUT2D eigenvalue weighted by molar-refractivity contribution is 5.99. The number of rotatable bonds is 4. The lowest BCUT2D eigenvalue weighted by Crippen LogP contribution is -2.55. The molecule has 0 spiro atoms. The van der Waals surface area contributed by atoms with Gasteiger partial charge in [0.1, 0.15) is 11.5 Å². The number of nitrogens with zero attached hydrogens (tertiary/aromatic N) is 2. The quantitative estimate of drug-likeness (QED) is 0.774. The first kappa shape index (κ1) is 21.7. The molecule has 31 heavy (non-hydrogen) atoms. The van der Waals surface area contributed by atoms with Crippen LogP contribution in [0.4, 0.5) is 13.2 Å².